The van der Waals surface area contributed by atoms with E-state index in [9.17, 15) is 4.79 Å². The highest BCUT2D eigenvalue weighted by Crippen LogP contribution is 2.13. The number of hydrogen-bond acceptors (Lipinski definition) is 4. The topological polar surface area (TPSA) is 44.8 Å². The zero-order valence-electron chi connectivity index (χ0n) is 8.75. The van der Waals surface area contributed by atoms with Crippen molar-refractivity contribution < 1.29 is 19.0 Å². The Balaban J connectivity index is 3.56. The summed E-state index contributed by atoms with van der Waals surface area (Å²) in [4.78, 5) is 10.5. The van der Waals surface area contributed by atoms with Crippen LogP contribution in [0.15, 0.2) is 0 Å². The number of carbonyl (C=O) groups is 1. The van der Waals surface area contributed by atoms with Crippen molar-refractivity contribution in [2.24, 2.45) is 0 Å². The van der Waals surface area contributed by atoms with Crippen molar-refractivity contribution in [1.82, 2.24) is 0 Å². The lowest BCUT2D eigenvalue weighted by molar-refractivity contribution is -0.146. The summed E-state index contributed by atoms with van der Waals surface area (Å²) in [6.07, 6.45) is 0.663. The lowest BCUT2D eigenvalue weighted by Gasteiger charge is -2.24. The van der Waals surface area contributed by atoms with Gasteiger partial charge in [-0.25, -0.2) is 0 Å². The standard InChI is InChI=1S/C9H18O4/c1-8(10)12-6-5-9(2,3)13-7-11-4/h5-7H2,1-4H3. The van der Waals surface area contributed by atoms with Crippen LogP contribution in [0.3, 0.4) is 0 Å². The largest absolute Gasteiger partial charge is 0.466 e. The van der Waals surface area contributed by atoms with E-state index >= 15 is 0 Å². The van der Waals surface area contributed by atoms with Gasteiger partial charge in [-0.3, -0.25) is 4.79 Å². The minimum atomic E-state index is -0.314. The highest BCUT2D eigenvalue weighted by Gasteiger charge is 2.18. The van der Waals surface area contributed by atoms with Crippen molar-refractivity contribution >= 4 is 5.97 Å². The first kappa shape index (κ1) is 12.4. The summed E-state index contributed by atoms with van der Waals surface area (Å²) in [5.74, 6) is -0.262. The van der Waals surface area contributed by atoms with Crippen LogP contribution in [-0.2, 0) is 19.0 Å². The Bertz CT molecular complexity index is 154. The molecule has 0 bridgehead atoms. The summed E-state index contributed by atoms with van der Waals surface area (Å²) in [5, 5.41) is 0. The van der Waals surface area contributed by atoms with Crippen LogP contribution in [0.25, 0.3) is 0 Å². The minimum Gasteiger partial charge on any atom is -0.466 e. The molecule has 0 amide bonds. The number of carbonyl (C=O) groups excluding carboxylic acids is 1. The highest BCUT2D eigenvalue weighted by atomic mass is 16.7. The van der Waals surface area contributed by atoms with Gasteiger partial charge in [0, 0.05) is 20.5 Å². The van der Waals surface area contributed by atoms with Crippen LogP contribution in [0.4, 0.5) is 0 Å². The molecule has 0 unspecified atom stereocenters. The first-order valence-corrected chi connectivity index (χ1v) is 4.24. The van der Waals surface area contributed by atoms with E-state index in [4.69, 9.17) is 14.2 Å². The number of rotatable bonds is 6. The van der Waals surface area contributed by atoms with Gasteiger partial charge in [-0.05, 0) is 13.8 Å². The van der Waals surface area contributed by atoms with E-state index in [2.05, 4.69) is 0 Å². The van der Waals surface area contributed by atoms with Gasteiger partial charge in [-0.2, -0.15) is 0 Å². The Labute approximate surface area is 79.2 Å². The molecule has 4 heteroatoms. The van der Waals surface area contributed by atoms with Crippen molar-refractivity contribution in [2.75, 3.05) is 20.5 Å². The van der Waals surface area contributed by atoms with E-state index in [1.165, 1.54) is 6.92 Å². The molecule has 0 aromatic rings. The van der Waals surface area contributed by atoms with Crippen molar-refractivity contribution in [3.8, 4) is 0 Å². The summed E-state index contributed by atoms with van der Waals surface area (Å²) < 4.78 is 14.9. The molecule has 0 aliphatic rings. The van der Waals surface area contributed by atoms with Gasteiger partial charge in [0.05, 0.1) is 12.2 Å². The molecule has 4 nitrogen and oxygen atoms in total. The van der Waals surface area contributed by atoms with Crippen LogP contribution in [0, 0.1) is 0 Å². The lowest BCUT2D eigenvalue weighted by Crippen LogP contribution is -2.27. The molecule has 0 spiro atoms. The Kier molecular flexibility index (Phi) is 5.66. The maximum absolute atomic E-state index is 10.5. The Morgan fingerprint density at radius 2 is 2.00 bits per heavy atom. The normalized spacial score (nSPS) is 11.4. The maximum atomic E-state index is 10.5. The van der Waals surface area contributed by atoms with Gasteiger partial charge >= 0.3 is 5.97 Å². The average molecular weight is 190 g/mol. The highest BCUT2D eigenvalue weighted by molar-refractivity contribution is 5.65. The van der Waals surface area contributed by atoms with Gasteiger partial charge in [-0.15, -0.1) is 0 Å². The quantitative estimate of drug-likeness (QED) is 0.468. The monoisotopic (exact) mass is 190 g/mol. The molecule has 0 aliphatic carbocycles. The van der Waals surface area contributed by atoms with E-state index in [-0.39, 0.29) is 18.4 Å². The fraction of sp³-hybridized carbons (Fsp3) is 0.889. The second kappa shape index (κ2) is 5.94. The molecule has 13 heavy (non-hydrogen) atoms. The SMILES string of the molecule is COCOC(C)(C)CCOC(C)=O. The fourth-order valence-electron chi connectivity index (χ4n) is 0.731. The van der Waals surface area contributed by atoms with Gasteiger partial charge in [0.25, 0.3) is 0 Å². The molecule has 0 aromatic heterocycles. The third-order valence-electron chi connectivity index (χ3n) is 1.58. The molecular weight excluding hydrogens is 172 g/mol. The Morgan fingerprint density at radius 1 is 1.38 bits per heavy atom. The molecular formula is C9H18O4. The van der Waals surface area contributed by atoms with Crippen LogP contribution in [0.1, 0.15) is 27.2 Å². The Hall–Kier alpha value is -0.610. The molecule has 0 fully saturated rings. The van der Waals surface area contributed by atoms with Crippen LogP contribution in [-0.4, -0.2) is 32.1 Å². The summed E-state index contributed by atoms with van der Waals surface area (Å²) in [6, 6.07) is 0. The first-order chi connectivity index (χ1) is 5.98. The lowest BCUT2D eigenvalue weighted by atomic mass is 10.1. The zero-order valence-corrected chi connectivity index (χ0v) is 8.75. The van der Waals surface area contributed by atoms with Gasteiger partial charge in [-0.1, -0.05) is 0 Å². The molecule has 0 heterocycles. The predicted molar refractivity (Wildman–Crippen MR) is 48.3 cm³/mol. The van der Waals surface area contributed by atoms with Crippen LogP contribution < -0.4 is 0 Å². The summed E-state index contributed by atoms with van der Waals surface area (Å²) in [7, 11) is 1.57. The number of hydrogen-bond donors (Lipinski definition) is 0. The van der Waals surface area contributed by atoms with Crippen molar-refractivity contribution in [3.63, 3.8) is 0 Å². The van der Waals surface area contributed by atoms with Gasteiger partial charge < -0.3 is 14.2 Å². The molecule has 0 saturated heterocycles. The third-order valence-corrected chi connectivity index (χ3v) is 1.58. The van der Waals surface area contributed by atoms with Crippen molar-refractivity contribution in [1.29, 1.82) is 0 Å². The second-order valence-corrected chi connectivity index (χ2v) is 3.40. The van der Waals surface area contributed by atoms with Crippen LogP contribution in [0.2, 0.25) is 0 Å². The van der Waals surface area contributed by atoms with E-state index in [1.807, 2.05) is 13.8 Å². The molecule has 0 saturated carbocycles. The molecule has 0 rings (SSSR count). The first-order valence-electron chi connectivity index (χ1n) is 4.24. The van der Waals surface area contributed by atoms with Gasteiger partial charge in [0.2, 0.25) is 0 Å². The van der Waals surface area contributed by atoms with Crippen LogP contribution in [0.5, 0.6) is 0 Å². The van der Waals surface area contributed by atoms with E-state index in [0.717, 1.165) is 0 Å². The third kappa shape index (κ3) is 7.74. The average Bonchev–Trinajstić information content (AvgIpc) is 2.00. The van der Waals surface area contributed by atoms with E-state index in [0.29, 0.717) is 13.0 Å². The predicted octanol–water partition coefficient (Wildman–Crippen LogP) is 1.34. The maximum Gasteiger partial charge on any atom is 0.302 e. The van der Waals surface area contributed by atoms with Crippen molar-refractivity contribution in [2.45, 2.75) is 32.8 Å². The molecule has 0 atom stereocenters. The van der Waals surface area contributed by atoms with Crippen molar-refractivity contribution in [3.05, 3.63) is 0 Å². The van der Waals surface area contributed by atoms with E-state index in [1.54, 1.807) is 7.11 Å². The zero-order chi connectivity index (χ0) is 10.3. The molecule has 0 aromatic carbocycles. The van der Waals surface area contributed by atoms with Gasteiger partial charge in [0.15, 0.2) is 0 Å². The number of ether oxygens (including phenoxy) is 3. The van der Waals surface area contributed by atoms with Crippen LogP contribution >= 0.6 is 0 Å². The van der Waals surface area contributed by atoms with Gasteiger partial charge in [0.1, 0.15) is 6.79 Å². The Morgan fingerprint density at radius 3 is 2.46 bits per heavy atom. The summed E-state index contributed by atoms with van der Waals surface area (Å²) in [5.41, 5.74) is -0.314. The summed E-state index contributed by atoms with van der Waals surface area (Å²) >= 11 is 0. The fourth-order valence-corrected chi connectivity index (χ4v) is 0.731. The second-order valence-electron chi connectivity index (χ2n) is 3.40. The minimum absolute atomic E-state index is 0.257. The molecule has 0 N–H and O–H groups in total. The molecule has 0 radical (unpaired) electrons. The number of esters is 1. The molecule has 0 aliphatic heterocycles. The number of methoxy groups -OCH3 is 1. The van der Waals surface area contributed by atoms with E-state index < -0.39 is 0 Å². The molecule has 78 valence electrons. The smallest absolute Gasteiger partial charge is 0.302 e. The summed E-state index contributed by atoms with van der Waals surface area (Å²) in [6.45, 7) is 5.88.